The van der Waals surface area contributed by atoms with Gasteiger partial charge in [-0.25, -0.2) is 0 Å². The van der Waals surface area contributed by atoms with E-state index in [4.69, 9.17) is 5.73 Å². The highest BCUT2D eigenvalue weighted by molar-refractivity contribution is 5.63. The summed E-state index contributed by atoms with van der Waals surface area (Å²) < 4.78 is 37.9. The molecule has 0 saturated carbocycles. The molecule has 0 bridgehead atoms. The van der Waals surface area contributed by atoms with E-state index >= 15 is 0 Å². The number of aromatic nitrogens is 2. The topological polar surface area (TPSA) is 57.9 Å². The van der Waals surface area contributed by atoms with Crippen LogP contribution in [0.2, 0.25) is 0 Å². The molecule has 7 heteroatoms. The molecular formula is C16H19F3N4. The molecule has 1 aromatic carbocycles. The minimum absolute atomic E-state index is 0.269. The minimum Gasteiger partial charge on any atom is -0.328 e. The fourth-order valence-corrected chi connectivity index (χ4v) is 2.86. The summed E-state index contributed by atoms with van der Waals surface area (Å²) in [6, 6.07) is 5.42. The van der Waals surface area contributed by atoms with Crippen LogP contribution in [0.25, 0.3) is 11.3 Å². The first-order valence-electron chi connectivity index (χ1n) is 7.61. The first kappa shape index (κ1) is 16.0. The van der Waals surface area contributed by atoms with Crippen LogP contribution in [0, 0.1) is 0 Å². The Kier molecular flexibility index (Phi) is 4.41. The van der Waals surface area contributed by atoms with Gasteiger partial charge in [0.2, 0.25) is 0 Å². The molecule has 3 N–H and O–H groups in total. The summed E-state index contributed by atoms with van der Waals surface area (Å²) in [5.74, 6) is 0. The molecule has 1 saturated heterocycles. The smallest absolute Gasteiger partial charge is 0.328 e. The van der Waals surface area contributed by atoms with Crippen molar-refractivity contribution in [2.45, 2.75) is 31.6 Å². The molecule has 0 unspecified atom stereocenters. The summed E-state index contributed by atoms with van der Waals surface area (Å²) >= 11 is 0. The van der Waals surface area contributed by atoms with Crippen LogP contribution in [0.1, 0.15) is 24.0 Å². The second kappa shape index (κ2) is 6.33. The fourth-order valence-electron chi connectivity index (χ4n) is 2.86. The molecule has 4 nitrogen and oxygen atoms in total. The third kappa shape index (κ3) is 3.73. The van der Waals surface area contributed by atoms with Crippen LogP contribution in [-0.4, -0.2) is 34.2 Å². The summed E-state index contributed by atoms with van der Waals surface area (Å²) in [5, 5.41) is 6.95. The fraction of sp³-hybridized carbons (Fsp3) is 0.438. The van der Waals surface area contributed by atoms with Gasteiger partial charge in [0.15, 0.2) is 0 Å². The lowest BCUT2D eigenvalue weighted by Gasteiger charge is -2.29. The molecule has 0 radical (unpaired) electrons. The van der Waals surface area contributed by atoms with E-state index in [1.807, 2.05) is 0 Å². The number of hydrogen-bond donors (Lipinski definition) is 2. The number of piperidine rings is 1. The zero-order valence-electron chi connectivity index (χ0n) is 12.6. The monoisotopic (exact) mass is 324 g/mol. The van der Waals surface area contributed by atoms with Crippen LogP contribution in [0.4, 0.5) is 13.2 Å². The Hall–Kier alpha value is -1.86. The van der Waals surface area contributed by atoms with Crippen LogP contribution in [0.15, 0.2) is 30.5 Å². The Morgan fingerprint density at radius 3 is 2.43 bits per heavy atom. The van der Waals surface area contributed by atoms with Crippen molar-refractivity contribution in [3.8, 4) is 11.3 Å². The minimum atomic E-state index is -4.32. The van der Waals surface area contributed by atoms with E-state index in [1.165, 1.54) is 12.1 Å². The lowest BCUT2D eigenvalue weighted by molar-refractivity contribution is -0.137. The van der Waals surface area contributed by atoms with Crippen molar-refractivity contribution >= 4 is 0 Å². The Bertz CT molecular complexity index is 640. The van der Waals surface area contributed by atoms with E-state index < -0.39 is 11.7 Å². The van der Waals surface area contributed by atoms with Crippen LogP contribution >= 0.6 is 0 Å². The van der Waals surface area contributed by atoms with Gasteiger partial charge in [0.25, 0.3) is 0 Å². The van der Waals surface area contributed by atoms with E-state index in [2.05, 4.69) is 15.1 Å². The molecular weight excluding hydrogens is 305 g/mol. The van der Waals surface area contributed by atoms with Gasteiger partial charge in [-0.2, -0.15) is 18.3 Å². The van der Waals surface area contributed by atoms with Gasteiger partial charge in [0.05, 0.1) is 17.5 Å². The first-order chi connectivity index (χ1) is 10.9. The van der Waals surface area contributed by atoms with Gasteiger partial charge in [-0.05, 0) is 43.6 Å². The zero-order chi connectivity index (χ0) is 16.4. The summed E-state index contributed by atoms with van der Waals surface area (Å²) in [6.07, 6.45) is -0.648. The van der Waals surface area contributed by atoms with Gasteiger partial charge < -0.3 is 5.73 Å². The SMILES string of the molecule is NC1CCN(Cc2cn[nH]c2-c2ccc(C(F)(F)F)cc2)CC1. The molecule has 1 aliphatic rings. The second-order valence-electron chi connectivity index (χ2n) is 5.96. The van der Waals surface area contributed by atoms with E-state index in [1.54, 1.807) is 6.20 Å². The van der Waals surface area contributed by atoms with Crippen LogP contribution in [-0.2, 0) is 12.7 Å². The number of nitrogens with zero attached hydrogens (tertiary/aromatic N) is 2. The standard InChI is InChI=1S/C16H19F3N4/c17-16(18,19)13-3-1-11(2-4-13)15-12(9-21-22-15)10-23-7-5-14(20)6-8-23/h1-4,9,14H,5-8,10,20H2,(H,21,22). The van der Waals surface area contributed by atoms with Crippen molar-refractivity contribution in [1.29, 1.82) is 0 Å². The van der Waals surface area contributed by atoms with E-state index in [-0.39, 0.29) is 6.04 Å². The van der Waals surface area contributed by atoms with Gasteiger partial charge in [-0.3, -0.25) is 10.00 Å². The second-order valence-corrected chi connectivity index (χ2v) is 5.96. The largest absolute Gasteiger partial charge is 0.416 e. The molecule has 0 spiro atoms. The van der Waals surface area contributed by atoms with Crippen molar-refractivity contribution < 1.29 is 13.2 Å². The molecule has 1 aromatic heterocycles. The lowest BCUT2D eigenvalue weighted by atomic mass is 10.0. The van der Waals surface area contributed by atoms with Crippen molar-refractivity contribution in [3.05, 3.63) is 41.6 Å². The Balaban J connectivity index is 1.75. The normalized spacial score (nSPS) is 17.6. The number of nitrogens with one attached hydrogen (secondary N) is 1. The molecule has 1 fully saturated rings. The number of H-pyrrole nitrogens is 1. The summed E-state index contributed by atoms with van der Waals surface area (Å²) in [4.78, 5) is 2.29. The maximum absolute atomic E-state index is 12.6. The molecule has 2 heterocycles. The highest BCUT2D eigenvalue weighted by Crippen LogP contribution is 2.31. The van der Waals surface area contributed by atoms with Crippen molar-refractivity contribution in [2.24, 2.45) is 5.73 Å². The number of benzene rings is 1. The molecule has 0 atom stereocenters. The highest BCUT2D eigenvalue weighted by Gasteiger charge is 2.30. The average Bonchev–Trinajstić information content (AvgIpc) is 2.97. The molecule has 0 amide bonds. The Labute approximate surface area is 132 Å². The van der Waals surface area contributed by atoms with E-state index in [0.29, 0.717) is 5.56 Å². The van der Waals surface area contributed by atoms with Crippen molar-refractivity contribution in [3.63, 3.8) is 0 Å². The Morgan fingerprint density at radius 1 is 1.17 bits per heavy atom. The number of aromatic amines is 1. The van der Waals surface area contributed by atoms with Gasteiger partial charge in [-0.15, -0.1) is 0 Å². The number of halogens is 3. The summed E-state index contributed by atoms with van der Waals surface area (Å²) in [6.45, 7) is 2.58. The van der Waals surface area contributed by atoms with Crippen LogP contribution < -0.4 is 5.73 Å². The molecule has 1 aliphatic heterocycles. The predicted molar refractivity (Wildman–Crippen MR) is 81.5 cm³/mol. The first-order valence-corrected chi connectivity index (χ1v) is 7.61. The Morgan fingerprint density at radius 2 is 1.83 bits per heavy atom. The van der Waals surface area contributed by atoms with Crippen LogP contribution in [0.3, 0.4) is 0 Å². The molecule has 2 aromatic rings. The van der Waals surface area contributed by atoms with E-state index in [9.17, 15) is 13.2 Å². The predicted octanol–water partition coefficient (Wildman–Crippen LogP) is 3.02. The molecule has 124 valence electrons. The maximum atomic E-state index is 12.6. The van der Waals surface area contributed by atoms with Crippen LogP contribution in [0.5, 0.6) is 0 Å². The van der Waals surface area contributed by atoms with Gasteiger partial charge in [0.1, 0.15) is 0 Å². The van der Waals surface area contributed by atoms with Gasteiger partial charge in [0, 0.05) is 18.2 Å². The number of likely N-dealkylation sites (tertiary alicyclic amines) is 1. The summed E-state index contributed by atoms with van der Waals surface area (Å²) in [7, 11) is 0. The highest BCUT2D eigenvalue weighted by atomic mass is 19.4. The third-order valence-electron chi connectivity index (χ3n) is 4.24. The molecule has 0 aliphatic carbocycles. The number of hydrogen-bond acceptors (Lipinski definition) is 3. The number of rotatable bonds is 3. The third-order valence-corrected chi connectivity index (χ3v) is 4.24. The summed E-state index contributed by atoms with van der Waals surface area (Å²) in [5.41, 5.74) is 7.72. The molecule has 23 heavy (non-hydrogen) atoms. The number of alkyl halides is 3. The zero-order valence-corrected chi connectivity index (χ0v) is 12.6. The molecule has 3 rings (SSSR count). The average molecular weight is 324 g/mol. The lowest BCUT2D eigenvalue weighted by Crippen LogP contribution is -2.39. The number of nitrogens with two attached hydrogens (primary N) is 1. The van der Waals surface area contributed by atoms with E-state index in [0.717, 1.165) is 55.9 Å². The van der Waals surface area contributed by atoms with Gasteiger partial charge in [-0.1, -0.05) is 12.1 Å². The van der Waals surface area contributed by atoms with Crippen molar-refractivity contribution in [2.75, 3.05) is 13.1 Å². The van der Waals surface area contributed by atoms with Crippen molar-refractivity contribution in [1.82, 2.24) is 15.1 Å². The maximum Gasteiger partial charge on any atom is 0.416 e. The van der Waals surface area contributed by atoms with Gasteiger partial charge >= 0.3 is 6.18 Å². The quantitative estimate of drug-likeness (QED) is 0.912.